The lowest BCUT2D eigenvalue weighted by molar-refractivity contribution is 0.189. The highest BCUT2D eigenvalue weighted by Crippen LogP contribution is 2.33. The van der Waals surface area contributed by atoms with E-state index in [9.17, 15) is 4.79 Å². The van der Waals surface area contributed by atoms with Gasteiger partial charge in [0, 0.05) is 17.6 Å². The number of nitrogens with zero attached hydrogens (tertiary/aromatic N) is 1. The summed E-state index contributed by atoms with van der Waals surface area (Å²) in [5.74, 6) is 1.25. The van der Waals surface area contributed by atoms with E-state index in [1.54, 1.807) is 32.4 Å². The van der Waals surface area contributed by atoms with E-state index in [4.69, 9.17) is 21.1 Å². The normalized spacial score (nSPS) is 17.1. The average molecular weight is 389 g/mol. The fourth-order valence-electron chi connectivity index (χ4n) is 3.47. The van der Waals surface area contributed by atoms with Crippen molar-refractivity contribution in [1.82, 2.24) is 4.90 Å². The highest BCUT2D eigenvalue weighted by atomic mass is 35.5. The summed E-state index contributed by atoms with van der Waals surface area (Å²) >= 11 is 6.03. The van der Waals surface area contributed by atoms with E-state index in [0.717, 1.165) is 37.8 Å². The van der Waals surface area contributed by atoms with Crippen LogP contribution < -0.4 is 14.8 Å². The maximum atomic E-state index is 13.1. The van der Waals surface area contributed by atoms with Crippen LogP contribution in [0.5, 0.6) is 11.5 Å². The molecule has 0 aromatic heterocycles. The molecule has 3 rings (SSSR count). The van der Waals surface area contributed by atoms with Crippen molar-refractivity contribution in [2.24, 2.45) is 0 Å². The lowest BCUT2D eigenvalue weighted by atomic mass is 10.0. The van der Waals surface area contributed by atoms with Crippen LogP contribution in [-0.2, 0) is 0 Å². The second-order valence-electron chi connectivity index (χ2n) is 6.61. The summed E-state index contributed by atoms with van der Waals surface area (Å²) in [5.41, 5.74) is 1.74. The molecule has 2 aromatic rings. The fraction of sp³-hybridized carbons (Fsp3) is 0.381. The number of likely N-dealkylation sites (tertiary alicyclic amines) is 1. The Hall–Kier alpha value is -2.40. The lowest BCUT2D eigenvalue weighted by Gasteiger charge is -2.31. The van der Waals surface area contributed by atoms with Crippen molar-refractivity contribution in [3.63, 3.8) is 0 Å². The molecule has 0 radical (unpaired) electrons. The third kappa shape index (κ3) is 4.66. The standard InChI is InChI=1S/C21H25ClN2O3/c1-26-17-11-12-18(20(14-17)27-2)23-21(25)24-13-5-3-4-6-19(24)15-7-9-16(22)10-8-15/h7-12,14,19H,3-6,13H2,1-2H3,(H,23,25). The zero-order valence-electron chi connectivity index (χ0n) is 15.7. The van der Waals surface area contributed by atoms with E-state index in [2.05, 4.69) is 5.32 Å². The molecule has 144 valence electrons. The summed E-state index contributed by atoms with van der Waals surface area (Å²) in [5, 5.41) is 3.70. The number of nitrogens with one attached hydrogen (secondary N) is 1. The number of hydrogen-bond donors (Lipinski definition) is 1. The molecule has 6 heteroatoms. The smallest absolute Gasteiger partial charge is 0.322 e. The van der Waals surface area contributed by atoms with Crippen LogP contribution >= 0.6 is 11.6 Å². The number of carbonyl (C=O) groups excluding carboxylic acids is 1. The van der Waals surface area contributed by atoms with Crippen molar-refractivity contribution in [2.45, 2.75) is 31.7 Å². The van der Waals surface area contributed by atoms with Gasteiger partial charge in [-0.05, 0) is 42.7 Å². The maximum absolute atomic E-state index is 13.1. The molecule has 1 heterocycles. The molecule has 1 saturated heterocycles. The summed E-state index contributed by atoms with van der Waals surface area (Å²) in [4.78, 5) is 15.0. The second-order valence-corrected chi connectivity index (χ2v) is 7.04. The van der Waals surface area contributed by atoms with Crippen LogP contribution in [0, 0.1) is 0 Å². The third-order valence-electron chi connectivity index (χ3n) is 4.92. The Bertz CT molecular complexity index is 779. The molecule has 0 saturated carbocycles. The van der Waals surface area contributed by atoms with Gasteiger partial charge in [-0.25, -0.2) is 4.79 Å². The van der Waals surface area contributed by atoms with E-state index in [0.29, 0.717) is 22.2 Å². The number of halogens is 1. The minimum atomic E-state index is -0.125. The highest BCUT2D eigenvalue weighted by Gasteiger charge is 2.27. The van der Waals surface area contributed by atoms with Crippen LogP contribution in [0.1, 0.15) is 37.3 Å². The first-order chi connectivity index (χ1) is 13.1. The van der Waals surface area contributed by atoms with Crippen LogP contribution in [0.15, 0.2) is 42.5 Å². The van der Waals surface area contributed by atoms with Gasteiger partial charge in [0.25, 0.3) is 0 Å². The third-order valence-corrected chi connectivity index (χ3v) is 5.17. The zero-order chi connectivity index (χ0) is 19.2. The van der Waals surface area contributed by atoms with Gasteiger partial charge in [-0.15, -0.1) is 0 Å². The summed E-state index contributed by atoms with van der Waals surface area (Å²) in [6.07, 6.45) is 4.16. The minimum Gasteiger partial charge on any atom is -0.497 e. The van der Waals surface area contributed by atoms with Crippen LogP contribution in [0.2, 0.25) is 5.02 Å². The number of methoxy groups -OCH3 is 2. The number of benzene rings is 2. The largest absolute Gasteiger partial charge is 0.497 e. The predicted octanol–water partition coefficient (Wildman–Crippen LogP) is 5.51. The van der Waals surface area contributed by atoms with Gasteiger partial charge in [0.15, 0.2) is 0 Å². The molecule has 0 spiro atoms. The van der Waals surface area contributed by atoms with Crippen molar-refractivity contribution < 1.29 is 14.3 Å². The van der Waals surface area contributed by atoms with E-state index in [-0.39, 0.29) is 12.1 Å². The molecule has 1 fully saturated rings. The monoisotopic (exact) mass is 388 g/mol. The first kappa shape index (κ1) is 19.4. The molecule has 2 aromatic carbocycles. The van der Waals surface area contributed by atoms with E-state index < -0.39 is 0 Å². The first-order valence-electron chi connectivity index (χ1n) is 9.17. The summed E-state index contributed by atoms with van der Waals surface area (Å²) in [6.45, 7) is 0.720. The zero-order valence-corrected chi connectivity index (χ0v) is 16.5. The van der Waals surface area contributed by atoms with E-state index >= 15 is 0 Å². The van der Waals surface area contributed by atoms with Crippen molar-refractivity contribution in [3.05, 3.63) is 53.1 Å². The summed E-state index contributed by atoms with van der Waals surface area (Å²) < 4.78 is 10.6. The highest BCUT2D eigenvalue weighted by molar-refractivity contribution is 6.30. The van der Waals surface area contributed by atoms with E-state index in [1.807, 2.05) is 29.2 Å². The second kappa shape index (κ2) is 9.00. The van der Waals surface area contributed by atoms with Gasteiger partial charge in [0.1, 0.15) is 11.5 Å². The molecule has 5 nitrogen and oxygen atoms in total. The van der Waals surface area contributed by atoms with Gasteiger partial charge in [-0.2, -0.15) is 0 Å². The molecule has 0 aliphatic carbocycles. The van der Waals surface area contributed by atoms with Crippen LogP contribution in [0.25, 0.3) is 0 Å². The summed E-state index contributed by atoms with van der Waals surface area (Å²) in [6, 6.07) is 13.0. The topological polar surface area (TPSA) is 50.8 Å². The SMILES string of the molecule is COc1ccc(NC(=O)N2CCCCCC2c2ccc(Cl)cc2)c(OC)c1. The molecule has 1 atom stereocenters. The Kier molecular flexibility index (Phi) is 6.45. The number of urea groups is 1. The average Bonchev–Trinajstić information content (AvgIpc) is 2.95. The maximum Gasteiger partial charge on any atom is 0.322 e. The number of amides is 2. The fourth-order valence-corrected chi connectivity index (χ4v) is 3.60. The number of hydrogen-bond acceptors (Lipinski definition) is 3. The van der Waals surface area contributed by atoms with Gasteiger partial charge in [0.05, 0.1) is 25.9 Å². The molecule has 27 heavy (non-hydrogen) atoms. The van der Waals surface area contributed by atoms with Crippen molar-refractivity contribution in [1.29, 1.82) is 0 Å². The van der Waals surface area contributed by atoms with Gasteiger partial charge >= 0.3 is 6.03 Å². The minimum absolute atomic E-state index is 0.0361. The molecule has 0 bridgehead atoms. The van der Waals surface area contributed by atoms with Crippen molar-refractivity contribution >= 4 is 23.3 Å². The van der Waals surface area contributed by atoms with Gasteiger partial charge in [-0.1, -0.05) is 36.6 Å². The van der Waals surface area contributed by atoms with E-state index in [1.165, 1.54) is 0 Å². The van der Waals surface area contributed by atoms with Gasteiger partial charge < -0.3 is 19.7 Å². The number of carbonyl (C=O) groups is 1. The number of anilines is 1. The number of rotatable bonds is 4. The van der Waals surface area contributed by atoms with Crippen LogP contribution in [-0.4, -0.2) is 31.7 Å². The molecular weight excluding hydrogens is 364 g/mol. The Morgan fingerprint density at radius 3 is 2.56 bits per heavy atom. The molecule has 1 aliphatic rings. The first-order valence-corrected chi connectivity index (χ1v) is 9.55. The molecule has 1 unspecified atom stereocenters. The Labute approximate surface area is 165 Å². The molecule has 2 amide bonds. The predicted molar refractivity (Wildman–Crippen MR) is 108 cm³/mol. The lowest BCUT2D eigenvalue weighted by Crippen LogP contribution is -2.38. The Morgan fingerprint density at radius 2 is 1.85 bits per heavy atom. The quantitative estimate of drug-likeness (QED) is 0.751. The van der Waals surface area contributed by atoms with Crippen molar-refractivity contribution in [3.8, 4) is 11.5 Å². The molecular formula is C21H25ClN2O3. The molecule has 1 aliphatic heterocycles. The van der Waals surface area contributed by atoms with Gasteiger partial charge in [-0.3, -0.25) is 0 Å². The Balaban J connectivity index is 1.83. The molecule has 1 N–H and O–H groups in total. The summed E-state index contributed by atoms with van der Waals surface area (Å²) in [7, 11) is 3.17. The van der Waals surface area contributed by atoms with Crippen LogP contribution in [0.3, 0.4) is 0 Å². The van der Waals surface area contributed by atoms with Crippen LogP contribution in [0.4, 0.5) is 10.5 Å². The van der Waals surface area contributed by atoms with Crippen molar-refractivity contribution in [2.75, 3.05) is 26.1 Å². The van der Waals surface area contributed by atoms with Gasteiger partial charge in [0.2, 0.25) is 0 Å². The number of ether oxygens (including phenoxy) is 2. The Morgan fingerprint density at radius 1 is 1.07 bits per heavy atom.